The summed E-state index contributed by atoms with van der Waals surface area (Å²) in [6.07, 6.45) is 2.37. The van der Waals surface area contributed by atoms with E-state index >= 15 is 0 Å². The molecule has 0 aliphatic carbocycles. The number of morpholine rings is 1. The molecule has 1 atom stereocenters. The van der Waals surface area contributed by atoms with Gasteiger partial charge >= 0.3 is 0 Å². The van der Waals surface area contributed by atoms with Gasteiger partial charge in [0.25, 0.3) is 0 Å². The van der Waals surface area contributed by atoms with Gasteiger partial charge in [0.2, 0.25) is 10.0 Å². The van der Waals surface area contributed by atoms with Crippen LogP contribution in [0, 0.1) is 0 Å². The van der Waals surface area contributed by atoms with Crippen LogP contribution in [0.25, 0.3) is 0 Å². The van der Waals surface area contributed by atoms with Crippen molar-refractivity contribution in [3.63, 3.8) is 0 Å². The van der Waals surface area contributed by atoms with Gasteiger partial charge in [-0.3, -0.25) is 10.00 Å². The van der Waals surface area contributed by atoms with Crippen LogP contribution in [-0.4, -0.2) is 78.9 Å². The first-order valence-electron chi connectivity index (χ1n) is 8.07. The number of aromatic amines is 1. The number of hydrogen-bond donors (Lipinski definition) is 1. The zero-order chi connectivity index (χ0) is 16.9. The third-order valence-electron chi connectivity index (χ3n) is 3.91. The maximum absolute atomic E-state index is 11.8. The number of nitrogens with one attached hydrogen (secondary N) is 1. The van der Waals surface area contributed by atoms with Crippen LogP contribution in [0.5, 0.6) is 0 Å². The molecule has 1 aliphatic rings. The summed E-state index contributed by atoms with van der Waals surface area (Å²) >= 11 is 0. The van der Waals surface area contributed by atoms with Crippen molar-refractivity contribution in [2.24, 2.45) is 0 Å². The molecule has 0 amide bonds. The number of sulfonamides is 1. The highest BCUT2D eigenvalue weighted by molar-refractivity contribution is 7.89. The van der Waals surface area contributed by atoms with Crippen molar-refractivity contribution >= 4 is 10.0 Å². The maximum Gasteiger partial charge on any atom is 0.213 e. The molecule has 1 aromatic heterocycles. The van der Waals surface area contributed by atoms with E-state index in [-0.39, 0.29) is 11.9 Å². The lowest BCUT2D eigenvalue weighted by atomic mass is 10.2. The van der Waals surface area contributed by atoms with Crippen molar-refractivity contribution in [2.45, 2.75) is 32.3 Å². The second-order valence-corrected chi connectivity index (χ2v) is 8.30. The Bertz CT molecular complexity index is 587. The molecule has 2 heterocycles. The van der Waals surface area contributed by atoms with Gasteiger partial charge in [-0.2, -0.15) is 5.10 Å². The minimum Gasteiger partial charge on any atom is -0.367 e. The van der Waals surface area contributed by atoms with Crippen molar-refractivity contribution in [1.82, 2.24) is 24.4 Å². The predicted octanol–water partition coefficient (Wildman–Crippen LogP) is 0.412. The number of aryl methyl sites for hydroxylation is 1. The van der Waals surface area contributed by atoms with Crippen LogP contribution in [0.3, 0.4) is 0 Å². The number of rotatable bonds is 8. The second kappa shape index (κ2) is 8.18. The smallest absolute Gasteiger partial charge is 0.213 e. The van der Waals surface area contributed by atoms with E-state index in [0.29, 0.717) is 25.4 Å². The minimum atomic E-state index is -3.12. The molecule has 0 aromatic carbocycles. The average molecular weight is 345 g/mol. The first-order chi connectivity index (χ1) is 10.9. The van der Waals surface area contributed by atoms with Crippen LogP contribution in [0.15, 0.2) is 0 Å². The molecular weight excluding hydrogens is 318 g/mol. The minimum absolute atomic E-state index is 0.143. The van der Waals surface area contributed by atoms with Gasteiger partial charge in [0.15, 0.2) is 5.82 Å². The number of H-pyrrole nitrogens is 1. The fourth-order valence-electron chi connectivity index (χ4n) is 2.52. The zero-order valence-electron chi connectivity index (χ0n) is 14.2. The van der Waals surface area contributed by atoms with Crippen LogP contribution < -0.4 is 0 Å². The Morgan fingerprint density at radius 2 is 2.22 bits per heavy atom. The van der Waals surface area contributed by atoms with Crippen molar-refractivity contribution in [3.8, 4) is 0 Å². The van der Waals surface area contributed by atoms with Gasteiger partial charge in [-0.25, -0.2) is 17.7 Å². The highest BCUT2D eigenvalue weighted by Crippen LogP contribution is 2.19. The number of ether oxygens (including phenoxy) is 1. The Morgan fingerprint density at radius 1 is 1.43 bits per heavy atom. The van der Waals surface area contributed by atoms with Crippen molar-refractivity contribution in [2.75, 3.05) is 46.1 Å². The quantitative estimate of drug-likeness (QED) is 0.734. The van der Waals surface area contributed by atoms with Gasteiger partial charge < -0.3 is 4.74 Å². The third-order valence-corrected chi connectivity index (χ3v) is 5.82. The third kappa shape index (κ3) is 5.23. The predicted molar refractivity (Wildman–Crippen MR) is 87.6 cm³/mol. The summed E-state index contributed by atoms with van der Waals surface area (Å²) in [5.74, 6) is 1.75. The fraction of sp³-hybridized carbons (Fsp3) is 0.857. The SMILES string of the molecule is CCCc1nc([C@H]2CN(CCCS(=O)(=O)N(C)C)CCO2)n[nH]1. The number of nitrogens with zero attached hydrogens (tertiary/aromatic N) is 4. The molecule has 9 heteroatoms. The van der Waals surface area contributed by atoms with Gasteiger partial charge in [-0.05, 0) is 19.4 Å². The lowest BCUT2D eigenvalue weighted by Gasteiger charge is -2.31. The van der Waals surface area contributed by atoms with Crippen LogP contribution in [0.2, 0.25) is 0 Å². The molecule has 1 fully saturated rings. The molecule has 1 saturated heterocycles. The van der Waals surface area contributed by atoms with Gasteiger partial charge in [-0.1, -0.05) is 6.92 Å². The first kappa shape index (κ1) is 18.3. The van der Waals surface area contributed by atoms with E-state index in [1.54, 1.807) is 14.1 Å². The molecule has 0 unspecified atom stereocenters. The van der Waals surface area contributed by atoms with Gasteiger partial charge in [0.05, 0.1) is 12.4 Å². The Hall–Kier alpha value is -1.03. The normalized spacial score (nSPS) is 20.3. The monoisotopic (exact) mass is 345 g/mol. The summed E-state index contributed by atoms with van der Waals surface area (Å²) in [4.78, 5) is 6.70. The number of hydrogen-bond acceptors (Lipinski definition) is 6. The summed E-state index contributed by atoms with van der Waals surface area (Å²) in [5.41, 5.74) is 0. The van der Waals surface area contributed by atoms with Crippen molar-refractivity contribution < 1.29 is 13.2 Å². The van der Waals surface area contributed by atoms with E-state index in [9.17, 15) is 8.42 Å². The molecule has 0 spiro atoms. The van der Waals surface area contributed by atoms with E-state index in [2.05, 4.69) is 27.0 Å². The summed E-state index contributed by atoms with van der Waals surface area (Å²) in [6, 6.07) is 0. The Kier molecular flexibility index (Phi) is 6.51. The molecule has 23 heavy (non-hydrogen) atoms. The van der Waals surface area contributed by atoms with Gasteiger partial charge in [0, 0.05) is 33.6 Å². The van der Waals surface area contributed by atoms with Crippen LogP contribution in [-0.2, 0) is 21.2 Å². The standard InChI is InChI=1S/C14H27N5O3S/c1-4-6-13-15-14(17-16-13)12-11-19(8-9-22-12)7-5-10-23(20,21)18(2)3/h12H,4-11H2,1-3H3,(H,15,16,17)/t12-/m1/s1. The van der Waals surface area contributed by atoms with E-state index in [4.69, 9.17) is 4.74 Å². The van der Waals surface area contributed by atoms with E-state index in [1.807, 2.05) is 0 Å². The van der Waals surface area contributed by atoms with Crippen molar-refractivity contribution in [3.05, 3.63) is 11.6 Å². The molecule has 1 N–H and O–H groups in total. The summed E-state index contributed by atoms with van der Waals surface area (Å²) < 4.78 is 30.6. The lowest BCUT2D eigenvalue weighted by molar-refractivity contribution is -0.0340. The Morgan fingerprint density at radius 3 is 2.91 bits per heavy atom. The fourth-order valence-corrected chi connectivity index (χ4v) is 3.38. The largest absolute Gasteiger partial charge is 0.367 e. The Balaban J connectivity index is 1.83. The lowest BCUT2D eigenvalue weighted by Crippen LogP contribution is -2.40. The summed E-state index contributed by atoms with van der Waals surface area (Å²) in [6.45, 7) is 4.96. The van der Waals surface area contributed by atoms with E-state index < -0.39 is 10.0 Å². The average Bonchev–Trinajstić information content (AvgIpc) is 2.96. The maximum atomic E-state index is 11.8. The molecular formula is C14H27N5O3S. The highest BCUT2D eigenvalue weighted by Gasteiger charge is 2.25. The summed E-state index contributed by atoms with van der Waals surface area (Å²) in [5, 5.41) is 7.20. The second-order valence-electron chi connectivity index (χ2n) is 6.00. The Labute approximate surface area is 138 Å². The highest BCUT2D eigenvalue weighted by atomic mass is 32.2. The molecule has 8 nitrogen and oxygen atoms in total. The molecule has 1 aromatic rings. The van der Waals surface area contributed by atoms with E-state index in [1.165, 1.54) is 4.31 Å². The van der Waals surface area contributed by atoms with Gasteiger partial charge in [-0.15, -0.1) is 0 Å². The van der Waals surface area contributed by atoms with E-state index in [0.717, 1.165) is 31.8 Å². The molecule has 0 bridgehead atoms. The van der Waals surface area contributed by atoms with Crippen LogP contribution in [0.1, 0.15) is 37.5 Å². The zero-order valence-corrected chi connectivity index (χ0v) is 15.0. The first-order valence-corrected chi connectivity index (χ1v) is 9.68. The van der Waals surface area contributed by atoms with Crippen LogP contribution >= 0.6 is 0 Å². The molecule has 0 saturated carbocycles. The number of aromatic nitrogens is 3. The molecule has 1 aliphatic heterocycles. The molecule has 2 rings (SSSR count). The summed E-state index contributed by atoms with van der Waals surface area (Å²) in [7, 11) is 0.0114. The topological polar surface area (TPSA) is 91.4 Å². The van der Waals surface area contributed by atoms with Crippen LogP contribution in [0.4, 0.5) is 0 Å². The van der Waals surface area contributed by atoms with Gasteiger partial charge in [0.1, 0.15) is 11.9 Å². The molecule has 0 radical (unpaired) electrons. The molecule has 132 valence electrons. The van der Waals surface area contributed by atoms with Crippen molar-refractivity contribution in [1.29, 1.82) is 0 Å².